The van der Waals surface area contributed by atoms with Crippen LogP contribution >= 0.6 is 0 Å². The number of anilines is 1. The minimum absolute atomic E-state index is 0.00472. The average Bonchev–Trinajstić information content (AvgIpc) is 2.42. The third kappa shape index (κ3) is 4.24. The van der Waals surface area contributed by atoms with Crippen molar-refractivity contribution in [3.8, 4) is 6.07 Å². The van der Waals surface area contributed by atoms with Gasteiger partial charge < -0.3 is 10.4 Å². The molecule has 0 saturated carbocycles. The SMILES string of the molecule is CCC(CNc1cc(C#N)ccc1[N+](=O)[O-])CC(=O)O. The Bertz CT molecular complexity index is 551. The van der Waals surface area contributed by atoms with Crippen LogP contribution in [0.4, 0.5) is 11.4 Å². The van der Waals surface area contributed by atoms with E-state index < -0.39 is 10.9 Å². The summed E-state index contributed by atoms with van der Waals surface area (Å²) in [4.78, 5) is 21.0. The summed E-state index contributed by atoms with van der Waals surface area (Å²) in [5.74, 6) is -1.03. The Morgan fingerprint density at radius 3 is 2.80 bits per heavy atom. The summed E-state index contributed by atoms with van der Waals surface area (Å²) in [6.07, 6.45) is 0.639. The van der Waals surface area contributed by atoms with Gasteiger partial charge in [0.1, 0.15) is 5.69 Å². The zero-order valence-corrected chi connectivity index (χ0v) is 11.0. The van der Waals surface area contributed by atoms with Crippen LogP contribution in [0, 0.1) is 27.4 Å². The molecule has 1 aromatic rings. The molecule has 20 heavy (non-hydrogen) atoms. The van der Waals surface area contributed by atoms with Crippen molar-refractivity contribution in [1.29, 1.82) is 5.26 Å². The number of rotatable bonds is 7. The molecule has 0 spiro atoms. The number of hydrogen-bond donors (Lipinski definition) is 2. The van der Waals surface area contributed by atoms with E-state index in [0.29, 0.717) is 18.5 Å². The van der Waals surface area contributed by atoms with Crippen LogP contribution in [0.1, 0.15) is 25.3 Å². The molecule has 1 aromatic carbocycles. The monoisotopic (exact) mass is 277 g/mol. The normalized spacial score (nSPS) is 11.4. The van der Waals surface area contributed by atoms with Gasteiger partial charge >= 0.3 is 5.97 Å². The maximum atomic E-state index is 10.9. The Balaban J connectivity index is 2.87. The van der Waals surface area contributed by atoms with Crippen molar-refractivity contribution in [3.05, 3.63) is 33.9 Å². The molecule has 106 valence electrons. The third-order valence-electron chi connectivity index (χ3n) is 2.94. The molecule has 0 fully saturated rings. The fourth-order valence-corrected chi connectivity index (χ4v) is 1.77. The molecule has 0 aliphatic rings. The predicted octanol–water partition coefficient (Wildman–Crippen LogP) is 2.38. The minimum atomic E-state index is -0.904. The van der Waals surface area contributed by atoms with Crippen molar-refractivity contribution in [3.63, 3.8) is 0 Å². The molecule has 0 aromatic heterocycles. The Hall–Kier alpha value is -2.62. The van der Waals surface area contributed by atoms with Gasteiger partial charge in [0.15, 0.2) is 0 Å². The Labute approximate surface area is 116 Å². The highest BCUT2D eigenvalue weighted by Crippen LogP contribution is 2.26. The smallest absolute Gasteiger partial charge is 0.303 e. The fraction of sp³-hybridized carbons (Fsp3) is 0.385. The molecular weight excluding hydrogens is 262 g/mol. The summed E-state index contributed by atoms with van der Waals surface area (Å²) in [5.41, 5.74) is 0.413. The molecule has 0 amide bonds. The van der Waals surface area contributed by atoms with E-state index in [2.05, 4.69) is 5.32 Å². The number of benzene rings is 1. The van der Waals surface area contributed by atoms with Crippen molar-refractivity contribution in [2.45, 2.75) is 19.8 Å². The van der Waals surface area contributed by atoms with Crippen LogP contribution in [0.2, 0.25) is 0 Å². The molecule has 2 N–H and O–H groups in total. The number of nitrogens with zero attached hydrogens (tertiary/aromatic N) is 2. The fourth-order valence-electron chi connectivity index (χ4n) is 1.77. The largest absolute Gasteiger partial charge is 0.481 e. The first-order chi connectivity index (χ1) is 9.47. The minimum Gasteiger partial charge on any atom is -0.481 e. The van der Waals surface area contributed by atoms with Crippen LogP contribution in [0.15, 0.2) is 18.2 Å². The summed E-state index contributed by atoms with van der Waals surface area (Å²) in [6.45, 7) is 2.16. The highest BCUT2D eigenvalue weighted by atomic mass is 16.6. The van der Waals surface area contributed by atoms with Crippen LogP contribution in [0.3, 0.4) is 0 Å². The molecule has 0 saturated heterocycles. The Kier molecular flexibility index (Phi) is 5.47. The van der Waals surface area contributed by atoms with E-state index >= 15 is 0 Å². The van der Waals surface area contributed by atoms with Gasteiger partial charge in [0.05, 0.1) is 16.6 Å². The van der Waals surface area contributed by atoms with Gasteiger partial charge in [-0.05, 0) is 18.1 Å². The van der Waals surface area contributed by atoms with Crippen LogP contribution in [0.25, 0.3) is 0 Å². The number of carboxylic acids is 1. The maximum Gasteiger partial charge on any atom is 0.303 e. The van der Waals surface area contributed by atoms with Crippen molar-refractivity contribution >= 4 is 17.3 Å². The lowest BCUT2D eigenvalue weighted by Gasteiger charge is -2.14. The van der Waals surface area contributed by atoms with E-state index in [0.717, 1.165) is 0 Å². The van der Waals surface area contributed by atoms with Crippen LogP contribution < -0.4 is 5.32 Å². The molecule has 1 atom stereocenters. The van der Waals surface area contributed by atoms with Crippen molar-refractivity contribution in [2.75, 3.05) is 11.9 Å². The molecule has 0 radical (unpaired) electrons. The highest BCUT2D eigenvalue weighted by Gasteiger charge is 2.16. The van der Waals surface area contributed by atoms with Crippen molar-refractivity contribution in [2.24, 2.45) is 5.92 Å². The van der Waals surface area contributed by atoms with Crippen LogP contribution in [-0.2, 0) is 4.79 Å². The third-order valence-corrected chi connectivity index (χ3v) is 2.94. The first-order valence-electron chi connectivity index (χ1n) is 6.12. The van der Waals surface area contributed by atoms with E-state index in [-0.39, 0.29) is 23.7 Å². The van der Waals surface area contributed by atoms with E-state index in [1.807, 2.05) is 13.0 Å². The number of nitro benzene ring substituents is 1. The molecule has 1 unspecified atom stereocenters. The van der Waals surface area contributed by atoms with Crippen LogP contribution in [0.5, 0.6) is 0 Å². The lowest BCUT2D eigenvalue weighted by molar-refractivity contribution is -0.384. The molecule has 0 bridgehead atoms. The Morgan fingerprint density at radius 1 is 1.60 bits per heavy atom. The van der Waals surface area contributed by atoms with Gasteiger partial charge in [0, 0.05) is 19.0 Å². The summed E-state index contributed by atoms with van der Waals surface area (Å²) < 4.78 is 0. The maximum absolute atomic E-state index is 10.9. The van der Waals surface area contributed by atoms with Crippen molar-refractivity contribution in [1.82, 2.24) is 0 Å². The van der Waals surface area contributed by atoms with Gasteiger partial charge in [0.25, 0.3) is 5.69 Å². The molecule has 7 nitrogen and oxygen atoms in total. The number of carboxylic acid groups (broad SMARTS) is 1. The van der Waals surface area contributed by atoms with Gasteiger partial charge in [-0.1, -0.05) is 13.3 Å². The van der Waals surface area contributed by atoms with Gasteiger partial charge in [-0.2, -0.15) is 5.26 Å². The number of aliphatic carboxylic acids is 1. The predicted molar refractivity (Wildman–Crippen MR) is 72.3 cm³/mol. The summed E-state index contributed by atoms with van der Waals surface area (Å²) in [7, 11) is 0. The number of nitriles is 1. The van der Waals surface area contributed by atoms with Crippen molar-refractivity contribution < 1.29 is 14.8 Å². The lowest BCUT2D eigenvalue weighted by atomic mass is 10.0. The van der Waals surface area contributed by atoms with E-state index in [9.17, 15) is 14.9 Å². The lowest BCUT2D eigenvalue weighted by Crippen LogP contribution is -2.17. The van der Waals surface area contributed by atoms with Crippen LogP contribution in [-0.4, -0.2) is 22.5 Å². The molecule has 7 heteroatoms. The summed E-state index contributed by atoms with van der Waals surface area (Å²) in [5, 5.41) is 31.3. The van der Waals surface area contributed by atoms with Gasteiger partial charge in [-0.3, -0.25) is 14.9 Å². The zero-order valence-electron chi connectivity index (χ0n) is 11.0. The number of nitrogens with one attached hydrogen (secondary N) is 1. The highest BCUT2D eigenvalue weighted by molar-refractivity contribution is 5.67. The summed E-state index contributed by atoms with van der Waals surface area (Å²) >= 11 is 0. The standard InChI is InChI=1S/C13H15N3O4/c1-2-9(6-13(17)18)8-15-11-5-10(7-14)3-4-12(11)16(19)20/h3-5,9,15H,2,6,8H2,1H3,(H,17,18). The molecule has 0 heterocycles. The molecule has 1 rings (SSSR count). The molecule has 0 aliphatic heterocycles. The average molecular weight is 277 g/mol. The van der Waals surface area contributed by atoms with E-state index in [1.165, 1.54) is 18.2 Å². The first-order valence-corrected chi connectivity index (χ1v) is 6.12. The first kappa shape index (κ1) is 15.4. The molecular formula is C13H15N3O4. The number of nitro groups is 1. The Morgan fingerprint density at radius 2 is 2.30 bits per heavy atom. The zero-order chi connectivity index (χ0) is 15.1. The van der Waals surface area contributed by atoms with Gasteiger partial charge in [0.2, 0.25) is 0 Å². The number of hydrogen-bond acceptors (Lipinski definition) is 5. The van der Waals surface area contributed by atoms with E-state index in [4.69, 9.17) is 10.4 Å². The second-order valence-corrected chi connectivity index (χ2v) is 4.35. The quantitative estimate of drug-likeness (QED) is 0.583. The summed E-state index contributed by atoms with van der Waals surface area (Å²) in [6, 6.07) is 5.94. The van der Waals surface area contributed by atoms with E-state index in [1.54, 1.807) is 0 Å². The van der Waals surface area contributed by atoms with Gasteiger partial charge in [-0.15, -0.1) is 0 Å². The topological polar surface area (TPSA) is 116 Å². The number of carbonyl (C=O) groups is 1. The molecule has 0 aliphatic carbocycles. The second kappa shape index (κ2) is 7.09. The van der Waals surface area contributed by atoms with Gasteiger partial charge in [-0.25, -0.2) is 0 Å². The second-order valence-electron chi connectivity index (χ2n) is 4.35.